The monoisotopic (exact) mass is 330 g/mol. The highest BCUT2D eigenvalue weighted by Crippen LogP contribution is 2.28. The minimum absolute atomic E-state index is 0.147. The molecule has 5 unspecified atom stereocenters. The molecule has 0 radical (unpaired) electrons. The molecule has 1 aromatic heterocycles. The molecule has 128 valence electrons. The first kappa shape index (κ1) is 16.1. The van der Waals surface area contributed by atoms with Gasteiger partial charge in [0.2, 0.25) is 11.9 Å². The summed E-state index contributed by atoms with van der Waals surface area (Å²) in [6.07, 6.45) is -3.86. The average molecular weight is 330 g/mol. The molecule has 3 heterocycles. The van der Waals surface area contributed by atoms with E-state index in [1.807, 2.05) is 0 Å². The highest BCUT2D eigenvalue weighted by atomic mass is 16.6. The summed E-state index contributed by atoms with van der Waals surface area (Å²) in [7, 11) is 0. The van der Waals surface area contributed by atoms with Gasteiger partial charge in [-0.1, -0.05) is 0 Å². The molecule has 2 aliphatic heterocycles. The maximum atomic E-state index is 12.1. The van der Waals surface area contributed by atoms with Gasteiger partial charge in [0.1, 0.15) is 18.3 Å². The second kappa shape index (κ2) is 6.03. The fourth-order valence-electron chi connectivity index (χ4n) is 2.88. The predicted molar refractivity (Wildman–Crippen MR) is 73.8 cm³/mol. The largest absolute Gasteiger partial charge is 0.394 e. The van der Waals surface area contributed by atoms with E-state index in [0.29, 0.717) is 5.82 Å². The van der Waals surface area contributed by atoms with Crippen LogP contribution in [0.1, 0.15) is 16.7 Å². The molecule has 0 spiro atoms. The predicted octanol–water partition coefficient (Wildman–Crippen LogP) is -4.22. The van der Waals surface area contributed by atoms with Crippen LogP contribution in [0.2, 0.25) is 0 Å². The molecule has 11 heteroatoms. The first-order valence-electron chi connectivity index (χ1n) is 7.18. The van der Waals surface area contributed by atoms with Gasteiger partial charge in [-0.2, -0.15) is 0 Å². The summed E-state index contributed by atoms with van der Waals surface area (Å²) in [5, 5.41) is 43.7. The van der Waals surface area contributed by atoms with E-state index < -0.39 is 43.3 Å². The lowest BCUT2D eigenvalue weighted by atomic mass is 10.1. The van der Waals surface area contributed by atoms with Crippen LogP contribution >= 0.6 is 0 Å². The van der Waals surface area contributed by atoms with Crippen molar-refractivity contribution in [3.63, 3.8) is 0 Å². The Morgan fingerprint density at radius 2 is 2.04 bits per heavy atom. The molecule has 0 aromatic carbocycles. The first-order chi connectivity index (χ1) is 11.0. The van der Waals surface area contributed by atoms with Crippen molar-refractivity contribution in [3.05, 3.63) is 12.0 Å². The summed E-state index contributed by atoms with van der Waals surface area (Å²) in [5.41, 5.74) is 5.92. The number of hydrogen-bond donors (Lipinski definition) is 7. The SMILES string of the molecule is NC1NC(=O)c2c([n+](C3OC(CO)C(O)C3O)cn2CCO)N1. The molecule has 1 saturated heterocycles. The number of amides is 1. The smallest absolute Gasteiger partial charge is 0.293 e. The Morgan fingerprint density at radius 3 is 2.65 bits per heavy atom. The van der Waals surface area contributed by atoms with E-state index in [1.54, 1.807) is 0 Å². The van der Waals surface area contributed by atoms with Gasteiger partial charge in [-0.25, -0.2) is 4.57 Å². The molecular formula is C12H20N5O6+. The van der Waals surface area contributed by atoms with E-state index in [9.17, 15) is 20.1 Å². The maximum Gasteiger partial charge on any atom is 0.293 e. The van der Waals surface area contributed by atoms with E-state index >= 15 is 0 Å². The van der Waals surface area contributed by atoms with Gasteiger partial charge in [0.15, 0.2) is 12.6 Å². The fourth-order valence-corrected chi connectivity index (χ4v) is 2.88. The number of imidazole rings is 1. The minimum atomic E-state index is -1.30. The number of ether oxygens (including phenoxy) is 1. The van der Waals surface area contributed by atoms with Crippen LogP contribution in [0.3, 0.4) is 0 Å². The van der Waals surface area contributed by atoms with Crippen molar-refractivity contribution in [2.24, 2.45) is 5.73 Å². The van der Waals surface area contributed by atoms with Gasteiger partial charge in [0.25, 0.3) is 11.7 Å². The summed E-state index contributed by atoms with van der Waals surface area (Å²) >= 11 is 0. The van der Waals surface area contributed by atoms with Crippen molar-refractivity contribution in [1.82, 2.24) is 9.88 Å². The molecule has 1 amide bonds. The van der Waals surface area contributed by atoms with E-state index in [1.165, 1.54) is 15.5 Å². The normalized spacial score (nSPS) is 33.3. The Labute approximate surface area is 130 Å². The van der Waals surface area contributed by atoms with Crippen LogP contribution in [0.25, 0.3) is 0 Å². The Balaban J connectivity index is 2.03. The van der Waals surface area contributed by atoms with Crippen molar-refractivity contribution in [3.8, 4) is 0 Å². The summed E-state index contributed by atoms with van der Waals surface area (Å²) in [6.45, 7) is -0.507. The lowest BCUT2D eigenvalue weighted by molar-refractivity contribution is -0.753. The number of carbonyl (C=O) groups excluding carboxylic acids is 1. The summed E-state index contributed by atoms with van der Waals surface area (Å²) in [5.74, 6) is -0.144. The van der Waals surface area contributed by atoms with Crippen molar-refractivity contribution in [1.29, 1.82) is 0 Å². The third-order valence-corrected chi connectivity index (χ3v) is 3.96. The molecule has 5 atom stereocenters. The molecule has 23 heavy (non-hydrogen) atoms. The third kappa shape index (κ3) is 2.56. The van der Waals surface area contributed by atoms with Crippen LogP contribution < -0.4 is 20.9 Å². The molecule has 0 aliphatic carbocycles. The van der Waals surface area contributed by atoms with Crippen molar-refractivity contribution >= 4 is 11.7 Å². The summed E-state index contributed by atoms with van der Waals surface area (Å²) < 4.78 is 8.38. The van der Waals surface area contributed by atoms with Crippen LogP contribution in [-0.2, 0) is 11.3 Å². The van der Waals surface area contributed by atoms with Crippen LogP contribution in [0.4, 0.5) is 5.82 Å². The van der Waals surface area contributed by atoms with E-state index in [-0.39, 0.29) is 18.8 Å². The number of nitrogens with two attached hydrogens (primary N) is 1. The zero-order valence-electron chi connectivity index (χ0n) is 12.2. The molecule has 8 N–H and O–H groups in total. The van der Waals surface area contributed by atoms with E-state index in [2.05, 4.69) is 10.6 Å². The summed E-state index contributed by atoms with van der Waals surface area (Å²) in [6, 6.07) is 0. The number of hydrogen-bond acceptors (Lipinski definition) is 8. The van der Waals surface area contributed by atoms with E-state index in [4.69, 9.17) is 15.6 Å². The molecular weight excluding hydrogens is 310 g/mol. The number of aliphatic hydroxyl groups is 4. The van der Waals surface area contributed by atoms with Crippen LogP contribution in [0, 0.1) is 0 Å². The Bertz CT molecular complexity index is 607. The number of anilines is 1. The Morgan fingerprint density at radius 1 is 1.30 bits per heavy atom. The van der Waals surface area contributed by atoms with Crippen molar-refractivity contribution in [2.45, 2.75) is 37.4 Å². The topological polar surface area (TPSA) is 166 Å². The highest BCUT2D eigenvalue weighted by Gasteiger charge is 2.48. The van der Waals surface area contributed by atoms with E-state index in [0.717, 1.165) is 0 Å². The molecule has 2 aliphatic rings. The number of fused-ring (bicyclic) bond motifs is 1. The van der Waals surface area contributed by atoms with Gasteiger partial charge in [0, 0.05) is 0 Å². The lowest BCUT2D eigenvalue weighted by Gasteiger charge is -2.20. The second-order valence-corrected chi connectivity index (χ2v) is 5.46. The van der Waals surface area contributed by atoms with Gasteiger partial charge in [0.05, 0.1) is 19.8 Å². The van der Waals surface area contributed by atoms with Gasteiger partial charge in [-0.3, -0.25) is 20.4 Å². The Kier molecular flexibility index (Phi) is 4.23. The minimum Gasteiger partial charge on any atom is -0.394 e. The first-order valence-corrected chi connectivity index (χ1v) is 7.18. The van der Waals surface area contributed by atoms with Gasteiger partial charge in [-0.05, 0) is 0 Å². The number of aliphatic hydroxyl groups excluding tert-OH is 4. The average Bonchev–Trinajstić information content (AvgIpc) is 2.99. The zero-order valence-corrected chi connectivity index (χ0v) is 12.2. The van der Waals surface area contributed by atoms with Gasteiger partial charge in [-0.15, -0.1) is 0 Å². The molecule has 3 rings (SSSR count). The lowest BCUT2D eigenvalue weighted by Crippen LogP contribution is -2.55. The molecule has 0 bridgehead atoms. The van der Waals surface area contributed by atoms with Gasteiger partial charge < -0.3 is 30.5 Å². The Hall–Kier alpha value is -1.76. The number of rotatable bonds is 4. The van der Waals surface area contributed by atoms with Crippen molar-refractivity contribution < 1.29 is 34.5 Å². The number of carbonyl (C=O) groups is 1. The molecule has 1 aromatic rings. The standard InChI is InChI=1S/C12H19N5O6/c13-12-14-9-6(10(22)15-12)16(1-2-18)4-17(9)11-8(21)7(20)5(3-19)23-11/h4-5,7-8,11-12,18-21H,1-3,13H2,(H-,14,15,22)/p+1. The quantitative estimate of drug-likeness (QED) is 0.273. The van der Waals surface area contributed by atoms with Gasteiger partial charge >= 0.3 is 0 Å². The summed E-state index contributed by atoms with van der Waals surface area (Å²) in [4.78, 5) is 12.1. The maximum absolute atomic E-state index is 12.1. The van der Waals surface area contributed by atoms with Crippen LogP contribution in [-0.4, -0.2) is 68.7 Å². The number of nitrogens with one attached hydrogen (secondary N) is 2. The van der Waals surface area contributed by atoms with Crippen molar-refractivity contribution in [2.75, 3.05) is 18.5 Å². The fraction of sp³-hybridized carbons (Fsp3) is 0.667. The number of aromatic nitrogens is 2. The molecule has 1 fully saturated rings. The highest BCUT2D eigenvalue weighted by molar-refractivity contribution is 5.98. The second-order valence-electron chi connectivity index (χ2n) is 5.46. The third-order valence-electron chi connectivity index (χ3n) is 3.96. The van der Waals surface area contributed by atoms with Crippen LogP contribution in [0.5, 0.6) is 0 Å². The van der Waals surface area contributed by atoms with Crippen LogP contribution in [0.15, 0.2) is 6.33 Å². The molecule has 0 saturated carbocycles. The number of nitrogens with zero attached hydrogens (tertiary/aromatic N) is 2. The molecule has 11 nitrogen and oxygen atoms in total. The zero-order chi connectivity index (χ0) is 16.7.